The van der Waals surface area contributed by atoms with E-state index in [4.69, 9.17) is 25.8 Å². The molecule has 1 heterocycles. The predicted molar refractivity (Wildman–Crippen MR) is 152 cm³/mol. The predicted octanol–water partition coefficient (Wildman–Crippen LogP) is 6.77. The van der Waals surface area contributed by atoms with Crippen LogP contribution in [-0.4, -0.2) is 31.2 Å². The van der Waals surface area contributed by atoms with Gasteiger partial charge in [0.2, 0.25) is 0 Å². The molecule has 2 aromatic rings. The number of carbonyl (C=O) groups excluding carboxylic acids is 3. The summed E-state index contributed by atoms with van der Waals surface area (Å²) in [5.74, 6) is 1.22. The number of allylic oxidation sites excluding steroid dienone is 4. The smallest absolute Gasteiger partial charge is 0.262 e. The number of hydrogen-bond acceptors (Lipinski definition) is 6. The van der Waals surface area contributed by atoms with Crippen molar-refractivity contribution in [2.45, 2.75) is 59.3 Å². The normalized spacial score (nSPS) is 19.9. The van der Waals surface area contributed by atoms with Crippen molar-refractivity contribution in [2.24, 2.45) is 10.8 Å². The summed E-state index contributed by atoms with van der Waals surface area (Å²) in [6.07, 6.45) is 2.01. The van der Waals surface area contributed by atoms with Crippen LogP contribution in [0, 0.1) is 10.8 Å². The second kappa shape index (κ2) is 10.4. The summed E-state index contributed by atoms with van der Waals surface area (Å²) in [5.41, 5.74) is 2.02. The van der Waals surface area contributed by atoms with Gasteiger partial charge in [0.15, 0.2) is 29.7 Å². The molecule has 1 N–H and O–H groups in total. The Morgan fingerprint density at radius 3 is 2.02 bits per heavy atom. The molecule has 2 aromatic carbocycles. The summed E-state index contributed by atoms with van der Waals surface area (Å²) < 4.78 is 17.8. The van der Waals surface area contributed by atoms with Crippen LogP contribution in [0.15, 0.2) is 65.1 Å². The number of anilines is 1. The molecule has 0 saturated heterocycles. The van der Waals surface area contributed by atoms with Gasteiger partial charge in [-0.1, -0.05) is 45.4 Å². The lowest BCUT2D eigenvalue weighted by molar-refractivity contribution is -0.120. The van der Waals surface area contributed by atoms with Crippen molar-refractivity contribution in [3.63, 3.8) is 0 Å². The highest BCUT2D eigenvalue weighted by Crippen LogP contribution is 2.53. The number of Topliss-reactive ketones (excluding diaryl/α,β-unsaturated/α-hetero) is 2. The third kappa shape index (κ3) is 5.66. The first-order valence-corrected chi connectivity index (χ1v) is 13.8. The lowest BCUT2D eigenvalue weighted by atomic mass is 9.65. The number of ketones is 2. The largest absolute Gasteiger partial charge is 0.493 e. The molecule has 2 aliphatic carbocycles. The van der Waals surface area contributed by atoms with E-state index in [-0.39, 0.29) is 34.9 Å². The van der Waals surface area contributed by atoms with Gasteiger partial charge in [0.25, 0.3) is 5.91 Å². The fraction of sp³-hybridized carbons (Fsp3) is 0.406. The van der Waals surface area contributed by atoms with E-state index < -0.39 is 5.92 Å². The highest BCUT2D eigenvalue weighted by Gasteiger charge is 2.47. The fourth-order valence-electron chi connectivity index (χ4n) is 5.86. The van der Waals surface area contributed by atoms with Crippen LogP contribution in [0.5, 0.6) is 11.5 Å². The SMILES string of the molecule is COc1cc(C2C3=C(CC(C)(C)CC3=O)OC3=C2C(=O)CC(C)(C)C3)ccc1OCC(=O)Nc1ccc(Cl)cc1. The maximum absolute atomic E-state index is 13.5. The monoisotopic (exact) mass is 563 g/mol. The third-order valence-electron chi connectivity index (χ3n) is 7.59. The van der Waals surface area contributed by atoms with Crippen molar-refractivity contribution in [3.05, 3.63) is 75.7 Å². The minimum Gasteiger partial charge on any atom is -0.493 e. The van der Waals surface area contributed by atoms with E-state index in [9.17, 15) is 14.4 Å². The van der Waals surface area contributed by atoms with Gasteiger partial charge in [0, 0.05) is 53.5 Å². The minimum absolute atomic E-state index is 0.00130. The van der Waals surface area contributed by atoms with Crippen LogP contribution in [0.25, 0.3) is 0 Å². The highest BCUT2D eigenvalue weighted by molar-refractivity contribution is 6.30. The first-order valence-electron chi connectivity index (χ1n) is 13.4. The van der Waals surface area contributed by atoms with E-state index in [0.717, 1.165) is 5.56 Å². The average Bonchev–Trinajstić information content (AvgIpc) is 2.86. The van der Waals surface area contributed by atoms with E-state index in [0.29, 0.717) is 70.6 Å². The molecular weight excluding hydrogens is 530 g/mol. The van der Waals surface area contributed by atoms with E-state index in [1.54, 1.807) is 36.4 Å². The Hall–Kier alpha value is -3.58. The molecule has 0 fully saturated rings. The maximum atomic E-state index is 13.5. The first-order chi connectivity index (χ1) is 18.9. The van der Waals surface area contributed by atoms with Crippen LogP contribution in [0.1, 0.15) is 64.9 Å². The lowest BCUT2D eigenvalue weighted by Crippen LogP contribution is -2.37. The zero-order valence-corrected chi connectivity index (χ0v) is 24.2. The number of carbonyl (C=O) groups is 3. The number of halogens is 1. The molecule has 0 aromatic heterocycles. The molecule has 8 heteroatoms. The van der Waals surface area contributed by atoms with E-state index in [2.05, 4.69) is 33.0 Å². The second-order valence-corrected chi connectivity index (χ2v) is 12.8. The molecule has 5 rings (SSSR count). The van der Waals surface area contributed by atoms with Crippen molar-refractivity contribution >= 4 is 34.8 Å². The summed E-state index contributed by atoms with van der Waals surface area (Å²) in [6.45, 7) is 8.01. The molecule has 7 nitrogen and oxygen atoms in total. The van der Waals surface area contributed by atoms with Crippen molar-refractivity contribution in [2.75, 3.05) is 19.0 Å². The summed E-state index contributed by atoms with van der Waals surface area (Å²) in [6, 6.07) is 12.1. The van der Waals surface area contributed by atoms with Gasteiger partial charge >= 0.3 is 0 Å². The number of rotatable bonds is 6. The van der Waals surface area contributed by atoms with Crippen molar-refractivity contribution in [1.29, 1.82) is 0 Å². The van der Waals surface area contributed by atoms with Crippen LogP contribution in [0.4, 0.5) is 5.69 Å². The molecule has 0 spiro atoms. The Labute approximate surface area is 239 Å². The Balaban J connectivity index is 1.46. The van der Waals surface area contributed by atoms with Crippen LogP contribution < -0.4 is 14.8 Å². The molecule has 210 valence electrons. The quantitative estimate of drug-likeness (QED) is 0.417. The topological polar surface area (TPSA) is 90.9 Å². The van der Waals surface area contributed by atoms with E-state index >= 15 is 0 Å². The standard InChI is InChI=1S/C32H34ClNO6/c1-31(2)13-21(35)29-25(15-31)40-26-16-32(3,4)14-22(36)30(26)28(29)18-6-11-23(24(12-18)38-5)39-17-27(37)34-20-9-7-19(33)8-10-20/h6-12,28H,13-17H2,1-5H3,(H,34,37). The molecule has 0 atom stereocenters. The van der Waals surface area contributed by atoms with E-state index in [1.165, 1.54) is 7.11 Å². The lowest BCUT2D eigenvalue weighted by Gasteiger charge is -2.42. The Kier molecular flexibility index (Phi) is 7.29. The number of hydrogen-bond donors (Lipinski definition) is 1. The summed E-state index contributed by atoms with van der Waals surface area (Å²) in [7, 11) is 1.52. The van der Waals surface area contributed by atoms with Crippen molar-refractivity contribution in [3.8, 4) is 11.5 Å². The molecule has 0 saturated carbocycles. The van der Waals surface area contributed by atoms with Gasteiger partial charge < -0.3 is 19.5 Å². The van der Waals surface area contributed by atoms with Gasteiger partial charge in [-0.3, -0.25) is 14.4 Å². The van der Waals surface area contributed by atoms with Gasteiger partial charge in [-0.05, 0) is 52.8 Å². The molecule has 3 aliphatic rings. The number of amides is 1. The van der Waals surface area contributed by atoms with Gasteiger partial charge in [-0.15, -0.1) is 0 Å². The van der Waals surface area contributed by atoms with E-state index in [1.807, 2.05) is 6.07 Å². The van der Waals surface area contributed by atoms with Crippen LogP contribution in [0.3, 0.4) is 0 Å². The Bertz CT molecular complexity index is 1400. The molecule has 0 unspecified atom stereocenters. The molecule has 1 amide bonds. The molecule has 0 radical (unpaired) electrons. The maximum Gasteiger partial charge on any atom is 0.262 e. The minimum atomic E-state index is -0.540. The van der Waals surface area contributed by atoms with Crippen LogP contribution in [-0.2, 0) is 19.1 Å². The Morgan fingerprint density at radius 2 is 1.48 bits per heavy atom. The molecule has 0 bridgehead atoms. The van der Waals surface area contributed by atoms with Crippen molar-refractivity contribution in [1.82, 2.24) is 0 Å². The van der Waals surface area contributed by atoms with Gasteiger partial charge in [0.1, 0.15) is 11.5 Å². The van der Waals surface area contributed by atoms with Gasteiger partial charge in [-0.25, -0.2) is 0 Å². The average molecular weight is 564 g/mol. The summed E-state index contributed by atoms with van der Waals surface area (Å²) in [5, 5.41) is 3.34. The number of benzene rings is 2. The van der Waals surface area contributed by atoms with Crippen molar-refractivity contribution < 1.29 is 28.6 Å². The number of ether oxygens (including phenoxy) is 3. The first kappa shape index (κ1) is 28.0. The third-order valence-corrected chi connectivity index (χ3v) is 7.84. The number of methoxy groups -OCH3 is 1. The Morgan fingerprint density at radius 1 is 0.900 bits per heavy atom. The number of nitrogens with one attached hydrogen (secondary N) is 1. The van der Waals surface area contributed by atoms with Crippen LogP contribution in [0.2, 0.25) is 5.02 Å². The molecule has 1 aliphatic heterocycles. The highest BCUT2D eigenvalue weighted by atomic mass is 35.5. The second-order valence-electron chi connectivity index (χ2n) is 12.3. The van der Waals surface area contributed by atoms with Gasteiger partial charge in [0.05, 0.1) is 7.11 Å². The zero-order chi connectivity index (χ0) is 28.8. The summed E-state index contributed by atoms with van der Waals surface area (Å²) in [4.78, 5) is 39.5. The molecular formula is C32H34ClNO6. The molecule has 40 heavy (non-hydrogen) atoms. The summed E-state index contributed by atoms with van der Waals surface area (Å²) >= 11 is 5.91. The zero-order valence-electron chi connectivity index (χ0n) is 23.5. The van der Waals surface area contributed by atoms with Gasteiger partial charge in [-0.2, -0.15) is 0 Å². The fourth-order valence-corrected chi connectivity index (χ4v) is 5.99. The van der Waals surface area contributed by atoms with Crippen LogP contribution >= 0.6 is 11.6 Å².